The molecule has 1 atom stereocenters. The lowest BCUT2D eigenvalue weighted by atomic mass is 10.1. The number of rotatable bonds is 6. The fourth-order valence-corrected chi connectivity index (χ4v) is 2.37. The van der Waals surface area contributed by atoms with Gasteiger partial charge in [0.05, 0.1) is 11.3 Å². The first-order chi connectivity index (χ1) is 13.0. The van der Waals surface area contributed by atoms with Crippen LogP contribution in [0.25, 0.3) is 12.2 Å². The van der Waals surface area contributed by atoms with Crippen LogP contribution in [0.4, 0.5) is 0 Å². The predicted octanol–water partition coefficient (Wildman–Crippen LogP) is 0.944. The van der Waals surface area contributed by atoms with Gasteiger partial charge in [-0.25, -0.2) is 5.48 Å². The van der Waals surface area contributed by atoms with E-state index < -0.39 is 23.8 Å². The zero-order chi connectivity index (χ0) is 19.8. The van der Waals surface area contributed by atoms with E-state index in [-0.39, 0.29) is 5.56 Å². The summed E-state index contributed by atoms with van der Waals surface area (Å²) in [6.45, 7) is 0. The molecule has 0 aliphatic carbocycles. The fourth-order valence-electron chi connectivity index (χ4n) is 2.37. The van der Waals surface area contributed by atoms with Crippen molar-refractivity contribution in [1.29, 1.82) is 0 Å². The Morgan fingerprint density at radius 1 is 1.07 bits per heavy atom. The molecule has 0 fully saturated rings. The average Bonchev–Trinajstić information content (AvgIpc) is 2.72. The molecule has 8 nitrogen and oxygen atoms in total. The van der Waals surface area contributed by atoms with Crippen LogP contribution in [-0.4, -0.2) is 52.9 Å². The number of hydrogen-bond acceptors (Lipinski definition) is 5. The zero-order valence-electron chi connectivity index (χ0n) is 14.9. The number of nitrogens with zero attached hydrogens (tertiary/aromatic N) is 2. The SMILES string of the molecule is CNC(=O)C(C(=O)NO)N(C)C(=O)c1ccc(C=Cc2ccccc2)nc1. The molecule has 1 aromatic heterocycles. The van der Waals surface area contributed by atoms with E-state index in [4.69, 9.17) is 5.21 Å². The Kier molecular flexibility index (Phi) is 6.79. The van der Waals surface area contributed by atoms with E-state index >= 15 is 0 Å². The molecule has 3 amide bonds. The molecule has 140 valence electrons. The van der Waals surface area contributed by atoms with Crippen LogP contribution in [-0.2, 0) is 9.59 Å². The number of hydrogen-bond donors (Lipinski definition) is 3. The van der Waals surface area contributed by atoms with E-state index in [1.807, 2.05) is 36.4 Å². The zero-order valence-corrected chi connectivity index (χ0v) is 14.9. The van der Waals surface area contributed by atoms with Gasteiger partial charge in [-0.3, -0.25) is 24.6 Å². The molecule has 1 unspecified atom stereocenters. The molecule has 8 heteroatoms. The largest absolute Gasteiger partial charge is 0.357 e. The number of likely N-dealkylation sites (N-methyl/N-ethyl adjacent to an activating group) is 2. The van der Waals surface area contributed by atoms with Crippen molar-refractivity contribution in [3.63, 3.8) is 0 Å². The van der Waals surface area contributed by atoms with Gasteiger partial charge < -0.3 is 10.2 Å². The fraction of sp³-hybridized carbons (Fsp3) is 0.158. The highest BCUT2D eigenvalue weighted by Gasteiger charge is 2.33. The molecule has 2 rings (SSSR count). The van der Waals surface area contributed by atoms with Crippen molar-refractivity contribution in [1.82, 2.24) is 20.7 Å². The molecule has 0 saturated carbocycles. The van der Waals surface area contributed by atoms with Crippen molar-refractivity contribution < 1.29 is 19.6 Å². The minimum absolute atomic E-state index is 0.203. The summed E-state index contributed by atoms with van der Waals surface area (Å²) in [5.41, 5.74) is 3.26. The normalized spacial score (nSPS) is 11.7. The molecule has 0 saturated heterocycles. The molecular formula is C19H20N4O4. The molecule has 0 bridgehead atoms. The third kappa shape index (κ3) is 4.99. The summed E-state index contributed by atoms with van der Waals surface area (Å²) in [6.07, 6.45) is 5.06. The number of pyridine rings is 1. The lowest BCUT2D eigenvalue weighted by molar-refractivity contribution is -0.140. The first kappa shape index (κ1) is 19.8. The standard InChI is InChI=1S/C19H20N4O4/c1-20-17(24)16(18(25)22-27)23(2)19(26)14-9-11-15(21-12-14)10-8-13-6-4-3-5-7-13/h3-12,16,27H,1-2H3,(H,20,24)(H,22,25). The van der Waals surface area contributed by atoms with Gasteiger partial charge in [0.2, 0.25) is 0 Å². The van der Waals surface area contributed by atoms with Crippen LogP contribution >= 0.6 is 0 Å². The monoisotopic (exact) mass is 368 g/mol. The quantitative estimate of drug-likeness (QED) is 0.399. The molecule has 1 heterocycles. The maximum atomic E-state index is 12.5. The van der Waals surface area contributed by atoms with Gasteiger partial charge >= 0.3 is 0 Å². The number of amides is 3. The van der Waals surface area contributed by atoms with Crippen LogP contribution in [0.15, 0.2) is 48.7 Å². The van der Waals surface area contributed by atoms with Crippen LogP contribution < -0.4 is 10.8 Å². The molecule has 1 aromatic carbocycles. The molecule has 2 aromatic rings. The van der Waals surface area contributed by atoms with Gasteiger partial charge in [-0.2, -0.15) is 0 Å². The van der Waals surface area contributed by atoms with Gasteiger partial charge in [-0.1, -0.05) is 36.4 Å². The Balaban J connectivity index is 2.15. The Morgan fingerprint density at radius 3 is 2.33 bits per heavy atom. The highest BCUT2D eigenvalue weighted by atomic mass is 16.5. The highest BCUT2D eigenvalue weighted by Crippen LogP contribution is 2.10. The average molecular weight is 368 g/mol. The molecule has 0 aliphatic rings. The second-order valence-electron chi connectivity index (χ2n) is 5.62. The van der Waals surface area contributed by atoms with E-state index in [0.29, 0.717) is 5.69 Å². The van der Waals surface area contributed by atoms with Crippen molar-refractivity contribution in [3.8, 4) is 0 Å². The third-order valence-corrected chi connectivity index (χ3v) is 3.84. The number of nitrogens with one attached hydrogen (secondary N) is 2. The first-order valence-corrected chi connectivity index (χ1v) is 8.09. The van der Waals surface area contributed by atoms with Gasteiger partial charge in [-0.05, 0) is 23.8 Å². The highest BCUT2D eigenvalue weighted by molar-refractivity contribution is 6.08. The number of aromatic nitrogens is 1. The van der Waals surface area contributed by atoms with Gasteiger partial charge in [-0.15, -0.1) is 0 Å². The van der Waals surface area contributed by atoms with Gasteiger partial charge in [0.25, 0.3) is 17.7 Å². The molecule has 27 heavy (non-hydrogen) atoms. The van der Waals surface area contributed by atoms with Crippen molar-refractivity contribution in [2.45, 2.75) is 6.04 Å². The van der Waals surface area contributed by atoms with E-state index in [1.165, 1.54) is 25.8 Å². The Morgan fingerprint density at radius 2 is 1.78 bits per heavy atom. The van der Waals surface area contributed by atoms with Crippen LogP contribution in [0.3, 0.4) is 0 Å². The smallest absolute Gasteiger partial charge is 0.275 e. The molecular weight excluding hydrogens is 348 g/mol. The predicted molar refractivity (Wildman–Crippen MR) is 99.5 cm³/mol. The van der Waals surface area contributed by atoms with E-state index in [0.717, 1.165) is 10.5 Å². The minimum Gasteiger partial charge on any atom is -0.357 e. The second kappa shape index (κ2) is 9.25. The van der Waals surface area contributed by atoms with Crippen molar-refractivity contribution >= 4 is 29.9 Å². The summed E-state index contributed by atoms with van der Waals surface area (Å²) in [5.74, 6) is -2.33. The van der Waals surface area contributed by atoms with Crippen molar-refractivity contribution in [2.75, 3.05) is 14.1 Å². The van der Waals surface area contributed by atoms with E-state index in [1.54, 1.807) is 18.2 Å². The minimum atomic E-state index is -1.51. The maximum absolute atomic E-state index is 12.5. The lowest BCUT2D eigenvalue weighted by Crippen LogP contribution is -2.54. The Bertz CT molecular complexity index is 819. The summed E-state index contributed by atoms with van der Waals surface area (Å²) in [6, 6.07) is 11.4. The maximum Gasteiger partial charge on any atom is 0.275 e. The van der Waals surface area contributed by atoms with Crippen LogP contribution in [0.5, 0.6) is 0 Å². The Hall–Kier alpha value is -3.52. The summed E-state index contributed by atoms with van der Waals surface area (Å²) >= 11 is 0. The number of carbonyl (C=O) groups excluding carboxylic acids is 3. The topological polar surface area (TPSA) is 112 Å². The van der Waals surface area contributed by atoms with Crippen LogP contribution in [0.2, 0.25) is 0 Å². The lowest BCUT2D eigenvalue weighted by Gasteiger charge is -2.24. The molecule has 0 radical (unpaired) electrons. The van der Waals surface area contributed by atoms with Gasteiger partial charge in [0, 0.05) is 20.3 Å². The molecule has 3 N–H and O–H groups in total. The summed E-state index contributed by atoms with van der Waals surface area (Å²) in [5, 5.41) is 11.1. The third-order valence-electron chi connectivity index (χ3n) is 3.84. The van der Waals surface area contributed by atoms with Crippen molar-refractivity contribution in [3.05, 3.63) is 65.5 Å². The first-order valence-electron chi connectivity index (χ1n) is 8.09. The summed E-state index contributed by atoms with van der Waals surface area (Å²) in [7, 11) is 2.62. The van der Waals surface area contributed by atoms with Crippen LogP contribution in [0.1, 0.15) is 21.6 Å². The number of carbonyl (C=O) groups is 3. The summed E-state index contributed by atoms with van der Waals surface area (Å²) < 4.78 is 0. The molecule has 0 spiro atoms. The summed E-state index contributed by atoms with van der Waals surface area (Å²) in [4.78, 5) is 41.3. The van der Waals surface area contributed by atoms with Gasteiger partial charge in [0.15, 0.2) is 6.04 Å². The van der Waals surface area contributed by atoms with Crippen LogP contribution in [0, 0.1) is 0 Å². The number of benzene rings is 1. The van der Waals surface area contributed by atoms with E-state index in [2.05, 4.69) is 10.3 Å². The second-order valence-corrected chi connectivity index (χ2v) is 5.62. The number of hydroxylamine groups is 1. The molecule has 0 aliphatic heterocycles. The Labute approximate surface area is 156 Å². The van der Waals surface area contributed by atoms with Gasteiger partial charge in [0.1, 0.15) is 0 Å². The van der Waals surface area contributed by atoms with E-state index in [9.17, 15) is 14.4 Å². The van der Waals surface area contributed by atoms with Crippen molar-refractivity contribution in [2.24, 2.45) is 0 Å².